The smallest absolute Gasteiger partial charge is 0.403 e. The maximum absolute atomic E-state index is 12.1. The minimum atomic E-state index is -5.69. The van der Waals surface area contributed by atoms with Crippen molar-refractivity contribution in [3.63, 3.8) is 0 Å². The summed E-state index contributed by atoms with van der Waals surface area (Å²) in [6, 6.07) is 0. The SMILES string of the molecule is CC(=O)C(C(=O)O)C(=O)C=CC(C(F)(F)F)C(F)(F)F. The molecule has 0 saturated heterocycles. The van der Waals surface area contributed by atoms with Gasteiger partial charge in [0.25, 0.3) is 0 Å². The second-order valence-electron chi connectivity index (χ2n) is 3.70. The first-order valence-corrected chi connectivity index (χ1v) is 4.87. The number of aliphatic carboxylic acids is 1. The number of carbonyl (C=O) groups is 3. The zero-order valence-electron chi connectivity index (χ0n) is 9.75. The van der Waals surface area contributed by atoms with Crippen molar-refractivity contribution in [1.82, 2.24) is 0 Å². The maximum Gasteiger partial charge on any atom is 0.403 e. The first kappa shape index (κ1) is 18.1. The van der Waals surface area contributed by atoms with Crippen LogP contribution in [0.15, 0.2) is 12.2 Å². The molecule has 10 heteroatoms. The van der Waals surface area contributed by atoms with Gasteiger partial charge in [-0.25, -0.2) is 0 Å². The minimum Gasteiger partial charge on any atom is -0.480 e. The molecule has 20 heavy (non-hydrogen) atoms. The predicted octanol–water partition coefficient (Wildman–Crippen LogP) is 2.14. The van der Waals surface area contributed by atoms with Crippen molar-refractivity contribution in [3.8, 4) is 0 Å². The third kappa shape index (κ3) is 5.02. The Kier molecular flexibility index (Phi) is 5.49. The normalized spacial score (nSPS) is 14.6. The number of carboxylic acid groups (broad SMARTS) is 1. The molecule has 0 aliphatic heterocycles. The van der Waals surface area contributed by atoms with Crippen molar-refractivity contribution in [3.05, 3.63) is 12.2 Å². The van der Waals surface area contributed by atoms with Crippen LogP contribution in [-0.4, -0.2) is 35.0 Å². The van der Waals surface area contributed by atoms with Crippen LogP contribution in [0.25, 0.3) is 0 Å². The van der Waals surface area contributed by atoms with Crippen molar-refractivity contribution in [2.45, 2.75) is 19.3 Å². The monoisotopic (exact) mass is 306 g/mol. The van der Waals surface area contributed by atoms with Crippen molar-refractivity contribution >= 4 is 17.5 Å². The van der Waals surface area contributed by atoms with Crippen molar-refractivity contribution in [2.75, 3.05) is 0 Å². The predicted molar refractivity (Wildman–Crippen MR) is 51.6 cm³/mol. The first-order chi connectivity index (χ1) is 8.78. The van der Waals surface area contributed by atoms with Gasteiger partial charge in [0.15, 0.2) is 23.4 Å². The highest BCUT2D eigenvalue weighted by atomic mass is 19.4. The molecule has 0 aromatic carbocycles. The second-order valence-corrected chi connectivity index (χ2v) is 3.70. The lowest BCUT2D eigenvalue weighted by Gasteiger charge is -2.19. The molecule has 0 aliphatic rings. The van der Waals surface area contributed by atoms with E-state index < -0.39 is 47.8 Å². The Morgan fingerprint density at radius 2 is 1.40 bits per heavy atom. The van der Waals surface area contributed by atoms with E-state index in [0.717, 1.165) is 0 Å². The van der Waals surface area contributed by atoms with Gasteiger partial charge >= 0.3 is 18.3 Å². The van der Waals surface area contributed by atoms with Crippen LogP contribution >= 0.6 is 0 Å². The lowest BCUT2D eigenvalue weighted by Crippen LogP contribution is -2.35. The Morgan fingerprint density at radius 3 is 1.65 bits per heavy atom. The van der Waals surface area contributed by atoms with Gasteiger partial charge in [-0.05, 0) is 13.0 Å². The molecule has 0 bridgehead atoms. The number of carboxylic acids is 1. The second kappa shape index (κ2) is 6.06. The summed E-state index contributed by atoms with van der Waals surface area (Å²) in [5, 5.41) is 8.48. The number of rotatable bonds is 5. The summed E-state index contributed by atoms with van der Waals surface area (Å²) >= 11 is 0. The van der Waals surface area contributed by atoms with Gasteiger partial charge in [0, 0.05) is 0 Å². The van der Waals surface area contributed by atoms with E-state index in [4.69, 9.17) is 5.11 Å². The molecule has 0 rings (SSSR count). The third-order valence-electron chi connectivity index (χ3n) is 2.10. The number of ketones is 2. The molecule has 0 aromatic heterocycles. The summed E-state index contributed by atoms with van der Waals surface area (Å²) in [7, 11) is 0. The fourth-order valence-corrected chi connectivity index (χ4v) is 1.19. The first-order valence-electron chi connectivity index (χ1n) is 4.87. The molecule has 0 spiro atoms. The molecular formula is C10H8F6O4. The van der Waals surface area contributed by atoms with E-state index in [-0.39, 0.29) is 6.08 Å². The number of carbonyl (C=O) groups excluding carboxylic acids is 2. The molecule has 0 heterocycles. The summed E-state index contributed by atoms with van der Waals surface area (Å²) in [5.74, 6) is -11.1. The number of Topliss-reactive ketones (excluding diaryl/α,β-unsaturated/α-hetero) is 1. The van der Waals surface area contributed by atoms with Crippen LogP contribution in [0.5, 0.6) is 0 Å². The van der Waals surface area contributed by atoms with Crippen molar-refractivity contribution < 1.29 is 45.8 Å². The average molecular weight is 306 g/mol. The molecule has 0 fully saturated rings. The fourth-order valence-electron chi connectivity index (χ4n) is 1.19. The van der Waals surface area contributed by atoms with E-state index >= 15 is 0 Å². The molecule has 1 unspecified atom stereocenters. The Hall–Kier alpha value is -1.87. The highest BCUT2D eigenvalue weighted by molar-refractivity contribution is 6.19. The van der Waals surface area contributed by atoms with Gasteiger partial charge in [-0.1, -0.05) is 6.08 Å². The fraction of sp³-hybridized carbons (Fsp3) is 0.500. The minimum absolute atomic E-state index is 0.189. The van der Waals surface area contributed by atoms with Crippen molar-refractivity contribution in [2.24, 2.45) is 11.8 Å². The summed E-state index contributed by atoms with van der Waals surface area (Å²) in [6.07, 6.45) is -12.1. The molecule has 0 amide bonds. The molecular weight excluding hydrogens is 298 g/mol. The topological polar surface area (TPSA) is 71.4 Å². The zero-order valence-corrected chi connectivity index (χ0v) is 9.75. The Bertz CT molecular complexity index is 406. The Labute approximate surface area is 108 Å². The molecule has 1 N–H and O–H groups in total. The van der Waals surface area contributed by atoms with E-state index in [9.17, 15) is 40.7 Å². The van der Waals surface area contributed by atoms with Gasteiger partial charge in [0.1, 0.15) is 0 Å². The van der Waals surface area contributed by atoms with Crippen LogP contribution in [0.3, 0.4) is 0 Å². The number of hydrogen-bond acceptors (Lipinski definition) is 3. The Balaban J connectivity index is 5.30. The summed E-state index contributed by atoms with van der Waals surface area (Å²) < 4.78 is 72.7. The van der Waals surface area contributed by atoms with E-state index in [1.807, 2.05) is 0 Å². The van der Waals surface area contributed by atoms with Gasteiger partial charge in [0.05, 0.1) is 0 Å². The maximum atomic E-state index is 12.1. The molecule has 0 aliphatic carbocycles. The van der Waals surface area contributed by atoms with Gasteiger partial charge in [-0.3, -0.25) is 14.4 Å². The van der Waals surface area contributed by atoms with E-state index in [0.29, 0.717) is 6.92 Å². The molecule has 0 aromatic rings. The highest BCUT2D eigenvalue weighted by Crippen LogP contribution is 2.40. The number of allylic oxidation sites excluding steroid dienone is 2. The summed E-state index contributed by atoms with van der Waals surface area (Å²) in [5.41, 5.74) is 0. The molecule has 114 valence electrons. The molecule has 1 atom stereocenters. The van der Waals surface area contributed by atoms with Crippen LogP contribution in [0.4, 0.5) is 26.3 Å². The number of hydrogen-bond donors (Lipinski definition) is 1. The van der Waals surface area contributed by atoms with Crippen LogP contribution in [-0.2, 0) is 14.4 Å². The number of halogens is 6. The molecule has 0 radical (unpaired) electrons. The Morgan fingerprint density at radius 1 is 1.00 bits per heavy atom. The lowest BCUT2D eigenvalue weighted by atomic mass is 9.98. The quantitative estimate of drug-likeness (QED) is 0.480. The van der Waals surface area contributed by atoms with E-state index in [1.54, 1.807) is 0 Å². The lowest BCUT2D eigenvalue weighted by molar-refractivity contribution is -0.267. The van der Waals surface area contributed by atoms with Gasteiger partial charge in [-0.15, -0.1) is 0 Å². The van der Waals surface area contributed by atoms with Crippen LogP contribution in [0.1, 0.15) is 6.92 Å². The third-order valence-corrected chi connectivity index (χ3v) is 2.10. The van der Waals surface area contributed by atoms with E-state index in [2.05, 4.69) is 0 Å². The van der Waals surface area contributed by atoms with Crippen molar-refractivity contribution in [1.29, 1.82) is 0 Å². The standard InChI is InChI=1S/C10H8F6O4/c1-4(17)7(8(19)20)5(18)2-3-6(9(11,12)13)10(14,15)16/h2-3,6-7H,1H3,(H,19,20). The largest absolute Gasteiger partial charge is 0.480 e. The van der Waals surface area contributed by atoms with Gasteiger partial charge in [0.2, 0.25) is 0 Å². The van der Waals surface area contributed by atoms with Crippen LogP contribution in [0.2, 0.25) is 0 Å². The average Bonchev–Trinajstić information content (AvgIpc) is 2.11. The van der Waals surface area contributed by atoms with Gasteiger partial charge in [-0.2, -0.15) is 26.3 Å². The highest BCUT2D eigenvalue weighted by Gasteiger charge is 2.55. The summed E-state index contributed by atoms with van der Waals surface area (Å²) in [4.78, 5) is 32.4. The number of alkyl halides is 6. The van der Waals surface area contributed by atoms with Gasteiger partial charge < -0.3 is 5.11 Å². The summed E-state index contributed by atoms with van der Waals surface area (Å²) in [6.45, 7) is 0.676. The van der Waals surface area contributed by atoms with E-state index in [1.165, 1.54) is 0 Å². The molecule has 0 saturated carbocycles. The zero-order chi connectivity index (χ0) is 16.3. The van der Waals surface area contributed by atoms with Crippen LogP contribution in [0, 0.1) is 11.8 Å². The van der Waals surface area contributed by atoms with Crippen LogP contribution < -0.4 is 0 Å². The molecule has 4 nitrogen and oxygen atoms in total.